The van der Waals surface area contributed by atoms with Crippen LogP contribution in [0.2, 0.25) is 0 Å². The fourth-order valence-electron chi connectivity index (χ4n) is 7.10. The lowest BCUT2D eigenvalue weighted by atomic mass is 10.00. The van der Waals surface area contributed by atoms with Gasteiger partial charge in [-0.3, -0.25) is 24.0 Å². The summed E-state index contributed by atoms with van der Waals surface area (Å²) >= 11 is 9.53. The average molecular weight is 1470 g/mol. The number of nitrogens with one attached hydrogen (secondary N) is 3. The average Bonchev–Trinajstić information content (AvgIpc) is 4.21. The van der Waals surface area contributed by atoms with Gasteiger partial charge in [-0.15, -0.1) is 10.2 Å². The molecule has 0 saturated carbocycles. The van der Waals surface area contributed by atoms with E-state index in [1.54, 1.807) is 79.7 Å². The molecule has 5 N–H and O–H groups in total. The van der Waals surface area contributed by atoms with Gasteiger partial charge in [0.15, 0.2) is 0 Å². The van der Waals surface area contributed by atoms with Crippen molar-refractivity contribution in [3.8, 4) is 0 Å². The fraction of sp³-hybridized carbons (Fsp3) is 0.167. The molecule has 2 aliphatic rings. The number of alkyl halides is 1. The lowest BCUT2D eigenvalue weighted by Gasteiger charge is -2.27. The van der Waals surface area contributed by atoms with Crippen LogP contribution in [-0.2, 0) is 63.0 Å². The molecule has 0 saturated heterocycles. The largest absolute Gasteiger partial charge is 0.384 e. The summed E-state index contributed by atoms with van der Waals surface area (Å²) in [5.41, 5.74) is 11.2. The van der Waals surface area contributed by atoms with Gasteiger partial charge in [-0.25, -0.2) is 29.3 Å². The van der Waals surface area contributed by atoms with Crippen LogP contribution >= 0.6 is 83.7 Å². The van der Waals surface area contributed by atoms with Gasteiger partial charge in [0, 0.05) is 80.1 Å². The van der Waals surface area contributed by atoms with Crippen LogP contribution in [0, 0.1) is 10.7 Å². The second kappa shape index (κ2) is 32.5. The summed E-state index contributed by atoms with van der Waals surface area (Å²) in [7, 11) is 0. The van der Waals surface area contributed by atoms with Crippen LogP contribution in [0.3, 0.4) is 0 Å². The Morgan fingerprint density at radius 3 is 1.41 bits per heavy atom. The first kappa shape index (κ1) is 60.8. The molecule has 8 heterocycles. The first-order valence-corrected chi connectivity index (χ1v) is 28.3. The molecule has 5 amide bonds. The third-order valence-corrected chi connectivity index (χ3v) is 13.4. The number of nitrogen functional groups attached to an aromatic ring is 1. The second-order valence-corrected chi connectivity index (χ2v) is 21.0. The molecule has 0 aliphatic carbocycles. The van der Waals surface area contributed by atoms with Crippen LogP contribution < -0.4 is 21.7 Å². The number of rotatable bonds is 11. The number of carbonyl (C=O) groups excluding carboxylic acids is 5. The Labute approximate surface area is 504 Å². The molecule has 6 aromatic heterocycles. The van der Waals surface area contributed by atoms with Gasteiger partial charge in [-0.2, -0.15) is 0 Å². The van der Waals surface area contributed by atoms with Crippen molar-refractivity contribution in [2.75, 3.05) is 40.1 Å². The molecule has 0 radical (unpaired) electrons. The lowest BCUT2D eigenvalue weighted by Crippen LogP contribution is -2.34. The molecule has 2 aliphatic heterocycles. The number of hydrogen-bond acceptors (Lipinski definition) is 14. The van der Waals surface area contributed by atoms with Crippen LogP contribution in [0.4, 0.5) is 23.3 Å². The van der Waals surface area contributed by atoms with Crippen molar-refractivity contribution in [3.05, 3.63) is 204 Å². The molecular weight excluding hydrogens is 1410 g/mol. The monoisotopic (exact) mass is 1460 g/mol. The van der Waals surface area contributed by atoms with E-state index in [0.29, 0.717) is 35.1 Å². The predicted octanol–water partition coefficient (Wildman–Crippen LogP) is 7.87. The SMILES string of the molecule is C=CC(=O)N1CCc2ccccc2C1.Nc1ccc(I)cn1.O=C(CBr)Nc1ccc(I)cn1.O=C(Cn1ccnn1)Nc1ccc(/C=C/C(=O)N2CCc3ccccc3C2)cn1.O=C(Cn1ccnn1)Nc1ccc(I)cn1. The molecule has 8 aromatic rings. The van der Waals surface area contributed by atoms with Crippen LogP contribution in [-0.4, -0.2) is 108 Å². The Balaban J connectivity index is 0.000000172. The number of anilines is 4. The Morgan fingerprint density at radius 2 is 1.01 bits per heavy atom. The molecule has 0 spiro atoms. The van der Waals surface area contributed by atoms with Gasteiger partial charge in [0.05, 0.1) is 17.7 Å². The topological polar surface area (TPSA) is 267 Å². The van der Waals surface area contributed by atoms with Gasteiger partial charge in [-0.05, 0) is 169 Å². The van der Waals surface area contributed by atoms with Crippen molar-refractivity contribution in [1.82, 2.24) is 59.7 Å². The Hall–Kier alpha value is -7.38. The number of amides is 5. The molecule has 10 rings (SSSR count). The van der Waals surface area contributed by atoms with Gasteiger partial charge in [0.25, 0.3) is 0 Å². The van der Waals surface area contributed by atoms with Crippen LogP contribution in [0.15, 0.2) is 165 Å². The number of fused-ring (bicyclic) bond motifs is 2. The smallest absolute Gasteiger partial charge is 0.247 e. The third kappa shape index (κ3) is 21.8. The summed E-state index contributed by atoms with van der Waals surface area (Å²) in [5, 5.41) is 23.0. The highest BCUT2D eigenvalue weighted by atomic mass is 127. The van der Waals surface area contributed by atoms with E-state index in [0.717, 1.165) is 48.7 Å². The van der Waals surface area contributed by atoms with E-state index in [4.69, 9.17) is 5.73 Å². The van der Waals surface area contributed by atoms with Gasteiger partial charge in [-0.1, -0.05) is 81.5 Å². The van der Waals surface area contributed by atoms with E-state index in [9.17, 15) is 24.0 Å². The van der Waals surface area contributed by atoms with Gasteiger partial charge >= 0.3 is 0 Å². The minimum absolute atomic E-state index is 0.0234. The first-order chi connectivity index (χ1) is 38.2. The zero-order chi connectivity index (χ0) is 56.4. The Morgan fingerprint density at radius 1 is 0.570 bits per heavy atom. The van der Waals surface area contributed by atoms with E-state index in [1.807, 2.05) is 52.3 Å². The van der Waals surface area contributed by atoms with Crippen molar-refractivity contribution in [1.29, 1.82) is 0 Å². The lowest BCUT2D eigenvalue weighted by molar-refractivity contribution is -0.127. The summed E-state index contributed by atoms with van der Waals surface area (Å²) in [5.74, 6) is 1.61. The normalized spacial score (nSPS) is 11.9. The number of carbonyl (C=O) groups is 5. The predicted molar refractivity (Wildman–Crippen MR) is 330 cm³/mol. The third-order valence-electron chi connectivity index (χ3n) is 10.9. The second-order valence-electron chi connectivity index (χ2n) is 16.7. The highest BCUT2D eigenvalue weighted by Crippen LogP contribution is 2.20. The number of halogens is 4. The highest BCUT2D eigenvalue weighted by Gasteiger charge is 2.19. The molecule has 21 nitrogen and oxygen atoms in total. The molecule has 0 atom stereocenters. The van der Waals surface area contributed by atoms with Gasteiger partial charge < -0.3 is 31.5 Å². The van der Waals surface area contributed by atoms with Gasteiger partial charge in [0.2, 0.25) is 29.5 Å². The Kier molecular flexibility index (Phi) is 25.0. The number of pyridine rings is 4. The first-order valence-electron chi connectivity index (χ1n) is 23.9. The number of benzene rings is 2. The number of nitrogens with zero attached hydrogens (tertiary/aromatic N) is 12. The number of hydrogen-bond donors (Lipinski definition) is 4. The fourth-order valence-corrected chi connectivity index (χ4v) is 8.20. The number of nitrogens with two attached hydrogens (primary N) is 1. The maximum absolute atomic E-state index is 12.5. The molecule has 79 heavy (non-hydrogen) atoms. The van der Waals surface area contributed by atoms with E-state index in [2.05, 4.69) is 171 Å². The van der Waals surface area contributed by atoms with Crippen molar-refractivity contribution in [2.24, 2.45) is 0 Å². The molecule has 0 fully saturated rings. The highest BCUT2D eigenvalue weighted by molar-refractivity contribution is 14.1. The zero-order valence-electron chi connectivity index (χ0n) is 42.2. The molecule has 2 aromatic carbocycles. The maximum Gasteiger partial charge on any atom is 0.247 e. The molecule has 406 valence electrons. The summed E-state index contributed by atoms with van der Waals surface area (Å²) < 4.78 is 6.05. The van der Waals surface area contributed by atoms with Crippen molar-refractivity contribution in [2.45, 2.75) is 39.0 Å². The summed E-state index contributed by atoms with van der Waals surface area (Å²) in [6.45, 7) is 6.58. The zero-order valence-corrected chi connectivity index (χ0v) is 50.2. The molecular formula is C54H52BrI3N16O5. The van der Waals surface area contributed by atoms with Crippen LogP contribution in [0.1, 0.15) is 27.8 Å². The van der Waals surface area contributed by atoms with Crippen LogP contribution in [0.5, 0.6) is 0 Å². The Bertz CT molecular complexity index is 3240. The van der Waals surface area contributed by atoms with Crippen molar-refractivity contribution >= 4 is 143 Å². The molecule has 0 bridgehead atoms. The van der Waals surface area contributed by atoms with E-state index in [1.165, 1.54) is 50.1 Å². The van der Waals surface area contributed by atoms with E-state index < -0.39 is 0 Å². The summed E-state index contributed by atoms with van der Waals surface area (Å²) in [6, 6.07) is 31.0. The van der Waals surface area contributed by atoms with Crippen molar-refractivity contribution < 1.29 is 24.0 Å². The standard InChI is InChI=1S/C21H20N6O2.C12H13NO.C9H8IN5O.C7H6BrIN2O.C5H5IN2/c28-20(15-27-12-10-23-25-27)24-19-7-5-16(13-22-19)6-8-21(29)26-11-9-17-3-1-2-4-18(17)14-26;1-2-12(14)13-8-7-10-5-3-4-6-11(10)9-13;10-7-1-2-8(11-5-7)13-9(16)6-15-4-3-12-14-15;8-3-7(12)11-6-2-1-5(9)4-10-6;6-4-1-2-5(7)8-3-4/h1-8,10,12-13H,9,11,14-15H2,(H,22,24,28);2-6H,1,7-9H2;1-5H,6H2,(H,11,13,16);1-2,4H,3H2,(H,10,11,12);1-3H,(H2,7,8)/b8-6+;;;;. The van der Waals surface area contributed by atoms with Gasteiger partial charge in [0.1, 0.15) is 36.4 Å². The summed E-state index contributed by atoms with van der Waals surface area (Å²) in [6.07, 6.45) is 19.5. The minimum Gasteiger partial charge on any atom is -0.384 e. The summed E-state index contributed by atoms with van der Waals surface area (Å²) in [4.78, 5) is 78.0. The number of aromatic nitrogens is 10. The molecule has 25 heteroatoms. The van der Waals surface area contributed by atoms with E-state index in [-0.39, 0.29) is 42.6 Å². The maximum atomic E-state index is 12.5. The molecule has 0 unspecified atom stereocenters. The minimum atomic E-state index is -0.244. The van der Waals surface area contributed by atoms with E-state index >= 15 is 0 Å². The quantitative estimate of drug-likeness (QED) is 0.0546. The van der Waals surface area contributed by atoms with Crippen molar-refractivity contribution in [3.63, 3.8) is 0 Å². The van der Waals surface area contributed by atoms with Crippen LogP contribution in [0.25, 0.3) is 6.08 Å².